The summed E-state index contributed by atoms with van der Waals surface area (Å²) in [6.07, 6.45) is 30.6. The van der Waals surface area contributed by atoms with Crippen molar-refractivity contribution in [1.29, 1.82) is 0 Å². The molecule has 4 N–H and O–H groups in total. The Morgan fingerprint density at radius 1 is 0.644 bits per heavy atom. The van der Waals surface area contributed by atoms with Crippen molar-refractivity contribution in [3.05, 3.63) is 11.6 Å². The molecule has 0 aromatic rings. The Balaban J connectivity index is 0.0000194. The molecule has 0 saturated heterocycles. The predicted octanol–water partition coefficient (Wildman–Crippen LogP) is 5.37. The van der Waals surface area contributed by atoms with Crippen molar-refractivity contribution in [3.8, 4) is 0 Å². The number of rotatable bonds is 30. The number of aliphatic hydroxyl groups excluding tert-OH is 3. The van der Waals surface area contributed by atoms with Gasteiger partial charge in [0.25, 0.3) is 0 Å². The minimum Gasteiger partial charge on any atom is -1.00 e. The van der Waals surface area contributed by atoms with Crippen LogP contribution in [-0.2, 0) is 4.79 Å². The van der Waals surface area contributed by atoms with E-state index >= 15 is 0 Å². The zero-order valence-electron chi connectivity index (χ0n) is 29.9. The first kappa shape index (κ1) is 44.3. The van der Waals surface area contributed by atoms with E-state index in [1.165, 1.54) is 160 Å². The van der Waals surface area contributed by atoms with Crippen molar-refractivity contribution < 1.29 is 37.0 Å². The molecule has 0 bridgehead atoms. The van der Waals surface area contributed by atoms with Crippen LogP contribution in [0.5, 0.6) is 0 Å². The summed E-state index contributed by atoms with van der Waals surface area (Å²) in [6, 6.07) is 0. The Kier molecular flexibility index (Phi) is 29.0. The van der Waals surface area contributed by atoms with Crippen molar-refractivity contribution in [2.24, 2.45) is 0 Å². The minimum atomic E-state index is -1.22. The van der Waals surface area contributed by atoms with Gasteiger partial charge >= 0.3 is 0 Å². The highest BCUT2D eigenvalue weighted by Crippen LogP contribution is 2.20. The van der Waals surface area contributed by atoms with Crippen LogP contribution in [0.15, 0.2) is 11.6 Å². The van der Waals surface area contributed by atoms with E-state index in [0.29, 0.717) is 12.1 Å². The first-order chi connectivity index (χ1) is 21.3. The van der Waals surface area contributed by atoms with Gasteiger partial charge in [-0.25, -0.2) is 0 Å². The third kappa shape index (κ3) is 23.3. The minimum absolute atomic E-state index is 0. The van der Waals surface area contributed by atoms with Crippen LogP contribution in [0.3, 0.4) is 0 Å². The molecule has 45 heavy (non-hydrogen) atoms. The quantitative estimate of drug-likeness (QED) is 0.0618. The number of aliphatic hydroxyl groups is 3. The molecule has 0 heterocycles. The van der Waals surface area contributed by atoms with E-state index in [0.717, 1.165) is 24.1 Å². The van der Waals surface area contributed by atoms with Crippen molar-refractivity contribution in [1.82, 2.24) is 5.32 Å². The molecule has 0 aliphatic heterocycles. The fourth-order valence-corrected chi connectivity index (χ4v) is 6.67. The molecule has 1 aliphatic carbocycles. The number of carbonyl (C=O) groups is 1. The first-order valence-electron chi connectivity index (χ1n) is 19.2. The zero-order valence-corrected chi connectivity index (χ0v) is 30.6. The number of halogens is 1. The van der Waals surface area contributed by atoms with Crippen molar-refractivity contribution in [2.45, 2.75) is 193 Å². The van der Waals surface area contributed by atoms with Gasteiger partial charge in [0.2, 0.25) is 5.91 Å². The molecule has 0 fully saturated rings. The Labute approximate surface area is 285 Å². The number of hydrogen-bond donors (Lipinski definition) is 4. The summed E-state index contributed by atoms with van der Waals surface area (Å²) >= 11 is 0. The summed E-state index contributed by atoms with van der Waals surface area (Å²) in [5.74, 6) is -0.239. The maximum Gasteiger partial charge on any atom is 0.247 e. The Morgan fingerprint density at radius 2 is 1.00 bits per heavy atom. The van der Waals surface area contributed by atoms with Gasteiger partial charge in [-0.1, -0.05) is 142 Å². The fourth-order valence-electron chi connectivity index (χ4n) is 6.67. The Hall–Kier alpha value is -0.660. The summed E-state index contributed by atoms with van der Waals surface area (Å²) in [6.45, 7) is 8.33. The van der Waals surface area contributed by atoms with Crippen molar-refractivity contribution >= 4 is 5.91 Å². The normalized spacial score (nSPS) is 18.4. The molecule has 0 spiro atoms. The number of nitrogens with one attached hydrogen (secondary N) is 1. The number of hydrogen-bond acceptors (Lipinski definition) is 4. The molecule has 6 nitrogen and oxygen atoms in total. The Bertz CT molecular complexity index is 692. The molecule has 1 rings (SSSR count). The van der Waals surface area contributed by atoms with Gasteiger partial charge in [0, 0.05) is 12.0 Å². The molecule has 268 valence electrons. The van der Waals surface area contributed by atoms with Crippen molar-refractivity contribution in [2.75, 3.05) is 33.2 Å². The van der Waals surface area contributed by atoms with Gasteiger partial charge in [-0.3, -0.25) is 4.79 Å². The molecule has 0 saturated carbocycles. The van der Waals surface area contributed by atoms with E-state index in [4.69, 9.17) is 0 Å². The lowest BCUT2D eigenvalue weighted by Gasteiger charge is -2.35. The van der Waals surface area contributed by atoms with Gasteiger partial charge in [-0.15, -0.1) is 0 Å². The zero-order chi connectivity index (χ0) is 32.3. The third-order valence-electron chi connectivity index (χ3n) is 9.88. The number of amides is 1. The maximum absolute atomic E-state index is 12.7. The molecule has 0 unspecified atom stereocenters. The number of unbranched alkanes of at least 4 members (excludes halogenated alkanes) is 22. The lowest BCUT2D eigenvalue weighted by molar-refractivity contribution is -0.908. The molecule has 0 aromatic carbocycles. The molecule has 3 atom stereocenters. The molecule has 0 aromatic heterocycles. The van der Waals surface area contributed by atoms with Crippen molar-refractivity contribution in [3.63, 3.8) is 0 Å². The van der Waals surface area contributed by atoms with Gasteiger partial charge in [-0.05, 0) is 31.8 Å². The van der Waals surface area contributed by atoms with Crippen LogP contribution >= 0.6 is 0 Å². The lowest BCUT2D eigenvalue weighted by atomic mass is 9.92. The molecule has 1 aliphatic rings. The third-order valence-corrected chi connectivity index (χ3v) is 9.88. The molecular weight excluding hydrogens is 584 g/mol. The van der Waals surface area contributed by atoms with Gasteiger partial charge in [0.1, 0.15) is 12.2 Å². The van der Waals surface area contributed by atoms with E-state index in [-0.39, 0.29) is 24.7 Å². The lowest BCUT2D eigenvalue weighted by Crippen LogP contribution is -3.00. The highest BCUT2D eigenvalue weighted by Gasteiger charge is 2.31. The second kappa shape index (κ2) is 29.5. The van der Waals surface area contributed by atoms with Crippen LogP contribution in [0.4, 0.5) is 0 Å². The topological polar surface area (TPSA) is 89.8 Å². The SMILES string of the molecule is CCCCCCCCCCCCCC[N+](C)(CCCCCCCCCCCCCC)CCNC(=O)C1=C[C@@H](O)[C@@H](O)[C@H](O)C1.[Cl-]. The molecular formula is C38H75ClN2O4. The van der Waals surface area contributed by atoms with Crippen LogP contribution in [-0.4, -0.2) is 77.2 Å². The van der Waals surface area contributed by atoms with Crippen LogP contribution in [0.2, 0.25) is 0 Å². The molecule has 0 radical (unpaired) electrons. The standard InChI is InChI=1S/C38H74N2O4.ClH/c1-4-6-8-10-12-14-16-18-20-22-24-26-29-40(3,30-27-25-23-21-19-17-15-13-11-9-7-5-2)31-28-39-38(44)34-32-35(41)37(43)36(42)33-34;/h32,35-37,41-43H,4-31,33H2,1-3H3;1H/t35-,36-,37-;/m1./s1. The largest absolute Gasteiger partial charge is 1.00 e. The maximum atomic E-state index is 12.7. The van der Waals surface area contributed by atoms with Crippen LogP contribution in [0, 0.1) is 0 Å². The summed E-state index contributed by atoms with van der Waals surface area (Å²) in [5, 5.41) is 32.7. The van der Waals surface area contributed by atoms with Crippen LogP contribution < -0.4 is 17.7 Å². The second-order valence-electron chi connectivity index (χ2n) is 14.3. The predicted molar refractivity (Wildman–Crippen MR) is 187 cm³/mol. The van der Waals surface area contributed by atoms with E-state index < -0.39 is 18.3 Å². The summed E-state index contributed by atoms with van der Waals surface area (Å²) in [7, 11) is 2.35. The average Bonchev–Trinajstić information content (AvgIpc) is 3.00. The fraction of sp³-hybridized carbons (Fsp3) is 0.921. The first-order valence-corrected chi connectivity index (χ1v) is 19.2. The highest BCUT2D eigenvalue weighted by atomic mass is 35.5. The van der Waals surface area contributed by atoms with E-state index in [1.807, 2.05) is 0 Å². The van der Waals surface area contributed by atoms with E-state index in [9.17, 15) is 20.1 Å². The van der Waals surface area contributed by atoms with Gasteiger partial charge in [0.15, 0.2) is 0 Å². The second-order valence-corrected chi connectivity index (χ2v) is 14.3. The van der Waals surface area contributed by atoms with Gasteiger partial charge in [-0.2, -0.15) is 0 Å². The summed E-state index contributed by atoms with van der Waals surface area (Å²) in [4.78, 5) is 12.7. The van der Waals surface area contributed by atoms with E-state index in [1.54, 1.807) is 0 Å². The highest BCUT2D eigenvalue weighted by molar-refractivity contribution is 5.93. The van der Waals surface area contributed by atoms with Crippen LogP contribution in [0.25, 0.3) is 0 Å². The van der Waals surface area contributed by atoms with Gasteiger partial charge in [0.05, 0.1) is 39.3 Å². The summed E-state index contributed by atoms with van der Waals surface area (Å²) < 4.78 is 0.985. The molecule has 1 amide bonds. The average molecular weight is 659 g/mol. The number of quaternary nitrogens is 1. The Morgan fingerprint density at radius 3 is 1.36 bits per heavy atom. The summed E-state index contributed by atoms with van der Waals surface area (Å²) in [5.41, 5.74) is 0.367. The van der Waals surface area contributed by atoms with E-state index in [2.05, 4.69) is 26.2 Å². The molecule has 7 heteroatoms. The van der Waals surface area contributed by atoms with Gasteiger partial charge < -0.3 is 37.5 Å². The number of likely N-dealkylation sites (N-methyl/N-ethyl adjacent to an activating group) is 1. The number of nitrogens with zero attached hydrogens (tertiary/aromatic N) is 1. The van der Waals surface area contributed by atoms with Crippen LogP contribution in [0.1, 0.15) is 174 Å². The number of carbonyl (C=O) groups excluding carboxylic acids is 1. The monoisotopic (exact) mass is 659 g/mol. The smallest absolute Gasteiger partial charge is 0.247 e.